The molecule has 27 heavy (non-hydrogen) atoms. The largest absolute Gasteiger partial charge is 0.451 e. The smallest absolute Gasteiger partial charge is 0.315 e. The van der Waals surface area contributed by atoms with Gasteiger partial charge in [0.25, 0.3) is 0 Å². The topological polar surface area (TPSA) is 56.7 Å². The molecule has 0 aliphatic heterocycles. The average Bonchev–Trinajstić information content (AvgIpc) is 3.27. The van der Waals surface area contributed by atoms with Crippen LogP contribution in [0, 0.1) is 0 Å². The third-order valence-electron chi connectivity index (χ3n) is 4.24. The van der Waals surface area contributed by atoms with Gasteiger partial charge in [0.15, 0.2) is 10.6 Å². The number of methoxy groups -OCH3 is 1. The number of benzene rings is 2. The number of fused-ring (bicyclic) bond motifs is 2. The van der Waals surface area contributed by atoms with Crippen molar-refractivity contribution in [2.45, 2.75) is 11.4 Å². The Kier molecular flexibility index (Phi) is 5.15. The van der Waals surface area contributed by atoms with Crippen molar-refractivity contribution in [2.24, 2.45) is 4.99 Å². The Bertz CT molecular complexity index is 1150. The van der Waals surface area contributed by atoms with E-state index in [2.05, 4.69) is 23.2 Å². The summed E-state index contributed by atoms with van der Waals surface area (Å²) in [6.07, 6.45) is 2.05. The fraction of sp³-hybridized carbons (Fsp3) is 0.200. The Hall–Kier alpha value is -2.35. The number of hydrogen-bond acceptors (Lipinski definition) is 5. The number of ether oxygens (including phenoxy) is 1. The first-order chi connectivity index (χ1) is 13.2. The van der Waals surface area contributed by atoms with Gasteiger partial charge in [-0.15, -0.1) is 11.8 Å². The third-order valence-corrected chi connectivity index (χ3v) is 6.01. The molecule has 5 nitrogen and oxygen atoms in total. The minimum absolute atomic E-state index is 0.247. The number of nitrogens with zero attached hydrogens (tertiary/aromatic N) is 2. The molecule has 0 aliphatic rings. The fourth-order valence-electron chi connectivity index (χ4n) is 2.89. The number of thiazole rings is 1. The average molecular weight is 399 g/mol. The van der Waals surface area contributed by atoms with E-state index in [1.54, 1.807) is 24.9 Å². The van der Waals surface area contributed by atoms with Crippen LogP contribution in [0.1, 0.15) is 10.6 Å². The van der Waals surface area contributed by atoms with Crippen molar-refractivity contribution in [2.75, 3.05) is 20.0 Å². The summed E-state index contributed by atoms with van der Waals surface area (Å²) in [4.78, 5) is 18.9. The lowest BCUT2D eigenvalue weighted by Gasteiger charge is -2.04. The Balaban J connectivity index is 1.81. The lowest BCUT2D eigenvalue weighted by Crippen LogP contribution is -2.19. The molecule has 0 fully saturated rings. The number of aromatic nitrogens is 1. The van der Waals surface area contributed by atoms with E-state index in [4.69, 9.17) is 9.15 Å². The molecule has 2 aromatic heterocycles. The number of amides is 1. The van der Waals surface area contributed by atoms with Crippen LogP contribution in [-0.2, 0) is 11.3 Å². The van der Waals surface area contributed by atoms with Crippen molar-refractivity contribution >= 4 is 50.2 Å². The van der Waals surface area contributed by atoms with Gasteiger partial charge in [-0.2, -0.15) is 4.99 Å². The van der Waals surface area contributed by atoms with Crippen molar-refractivity contribution in [3.8, 4) is 0 Å². The van der Waals surface area contributed by atoms with Crippen LogP contribution >= 0.6 is 23.1 Å². The van der Waals surface area contributed by atoms with Gasteiger partial charge in [0.2, 0.25) is 0 Å². The molecule has 138 valence electrons. The number of para-hydroxylation sites is 1. The SMILES string of the molecule is COCCn1c(=NC(=O)c2cc3ccccc3o2)sc2cc(SC)ccc21. The third kappa shape index (κ3) is 3.58. The molecule has 4 aromatic rings. The van der Waals surface area contributed by atoms with Crippen LogP contribution in [-0.4, -0.2) is 30.4 Å². The summed E-state index contributed by atoms with van der Waals surface area (Å²) in [5, 5.41) is 0.893. The number of rotatable bonds is 5. The van der Waals surface area contributed by atoms with Crippen molar-refractivity contribution < 1.29 is 13.9 Å². The maximum absolute atomic E-state index is 12.7. The molecule has 0 saturated carbocycles. The Morgan fingerprint density at radius 3 is 2.89 bits per heavy atom. The first-order valence-electron chi connectivity index (χ1n) is 8.43. The van der Waals surface area contributed by atoms with E-state index in [9.17, 15) is 4.79 Å². The van der Waals surface area contributed by atoms with E-state index < -0.39 is 0 Å². The molecule has 0 aliphatic carbocycles. The van der Waals surface area contributed by atoms with Gasteiger partial charge in [0.1, 0.15) is 5.58 Å². The minimum atomic E-state index is -0.381. The molecule has 0 radical (unpaired) electrons. The second kappa shape index (κ2) is 7.72. The second-order valence-electron chi connectivity index (χ2n) is 5.93. The van der Waals surface area contributed by atoms with Gasteiger partial charge in [-0.1, -0.05) is 29.5 Å². The van der Waals surface area contributed by atoms with Gasteiger partial charge in [-0.25, -0.2) is 0 Å². The summed E-state index contributed by atoms with van der Waals surface area (Å²) in [6, 6.07) is 15.6. The number of furan rings is 1. The standard InChI is InChI=1S/C20H18N2O3S2/c1-24-10-9-22-15-8-7-14(26-2)12-18(15)27-20(22)21-19(23)17-11-13-5-3-4-6-16(13)25-17/h3-8,11-12H,9-10H2,1-2H3. The molecule has 7 heteroatoms. The highest BCUT2D eigenvalue weighted by Crippen LogP contribution is 2.24. The molecule has 0 saturated heterocycles. The van der Waals surface area contributed by atoms with E-state index in [-0.39, 0.29) is 11.7 Å². The molecule has 0 atom stereocenters. The number of thioether (sulfide) groups is 1. The van der Waals surface area contributed by atoms with Gasteiger partial charge in [0.05, 0.1) is 16.8 Å². The van der Waals surface area contributed by atoms with Gasteiger partial charge in [0, 0.05) is 23.9 Å². The zero-order valence-corrected chi connectivity index (χ0v) is 16.6. The molecule has 1 amide bonds. The van der Waals surface area contributed by atoms with Crippen molar-refractivity contribution in [1.29, 1.82) is 0 Å². The number of carbonyl (C=O) groups is 1. The second-order valence-corrected chi connectivity index (χ2v) is 7.82. The molecule has 0 N–H and O–H groups in total. The molecular formula is C20H18N2O3S2. The summed E-state index contributed by atoms with van der Waals surface area (Å²) in [5.74, 6) is -0.134. The molecular weight excluding hydrogens is 380 g/mol. The predicted molar refractivity (Wildman–Crippen MR) is 110 cm³/mol. The molecule has 2 aromatic carbocycles. The van der Waals surface area contributed by atoms with E-state index in [1.165, 1.54) is 16.2 Å². The fourth-order valence-corrected chi connectivity index (χ4v) is 4.50. The van der Waals surface area contributed by atoms with Gasteiger partial charge in [-0.05, 0) is 36.6 Å². The summed E-state index contributed by atoms with van der Waals surface area (Å²) < 4.78 is 14.0. The Morgan fingerprint density at radius 1 is 1.26 bits per heavy atom. The molecule has 0 bridgehead atoms. The Morgan fingerprint density at radius 2 is 2.11 bits per heavy atom. The summed E-state index contributed by atoms with van der Waals surface area (Å²) in [7, 11) is 1.66. The van der Waals surface area contributed by atoms with E-state index >= 15 is 0 Å². The normalized spacial score (nSPS) is 12.3. The highest BCUT2D eigenvalue weighted by molar-refractivity contribution is 7.98. The molecule has 0 spiro atoms. The minimum Gasteiger partial charge on any atom is -0.451 e. The maximum Gasteiger partial charge on any atom is 0.315 e. The van der Waals surface area contributed by atoms with Crippen LogP contribution in [0.25, 0.3) is 21.2 Å². The van der Waals surface area contributed by atoms with Crippen molar-refractivity contribution in [1.82, 2.24) is 4.57 Å². The van der Waals surface area contributed by atoms with Crippen LogP contribution in [0.5, 0.6) is 0 Å². The summed E-state index contributed by atoms with van der Waals surface area (Å²) in [5.41, 5.74) is 1.73. The highest BCUT2D eigenvalue weighted by Gasteiger charge is 2.13. The summed E-state index contributed by atoms with van der Waals surface area (Å²) >= 11 is 3.19. The first-order valence-corrected chi connectivity index (χ1v) is 10.5. The molecule has 2 heterocycles. The first kappa shape index (κ1) is 18.0. The van der Waals surface area contributed by atoms with Crippen LogP contribution in [0.4, 0.5) is 0 Å². The van der Waals surface area contributed by atoms with E-state index in [0.717, 1.165) is 15.6 Å². The zero-order valence-electron chi connectivity index (χ0n) is 15.0. The van der Waals surface area contributed by atoms with Crippen LogP contribution < -0.4 is 4.80 Å². The maximum atomic E-state index is 12.7. The quantitative estimate of drug-likeness (QED) is 0.463. The molecule has 0 unspecified atom stereocenters. The van der Waals surface area contributed by atoms with Crippen molar-refractivity contribution in [3.63, 3.8) is 0 Å². The number of carbonyl (C=O) groups excluding carboxylic acids is 1. The van der Waals surface area contributed by atoms with Gasteiger partial charge < -0.3 is 13.7 Å². The lowest BCUT2D eigenvalue weighted by molar-refractivity contribution is 0.0973. The Labute approximate surface area is 164 Å². The predicted octanol–water partition coefficient (Wildman–Crippen LogP) is 4.56. The van der Waals surface area contributed by atoms with Gasteiger partial charge in [-0.3, -0.25) is 4.79 Å². The van der Waals surface area contributed by atoms with Gasteiger partial charge >= 0.3 is 5.91 Å². The lowest BCUT2D eigenvalue weighted by atomic mass is 10.2. The van der Waals surface area contributed by atoms with Crippen LogP contribution in [0.2, 0.25) is 0 Å². The molecule has 4 rings (SSSR count). The zero-order chi connectivity index (χ0) is 18.8. The number of hydrogen-bond donors (Lipinski definition) is 0. The monoisotopic (exact) mass is 398 g/mol. The van der Waals surface area contributed by atoms with Crippen molar-refractivity contribution in [3.05, 3.63) is 59.1 Å². The van der Waals surface area contributed by atoms with Crippen LogP contribution in [0.15, 0.2) is 62.8 Å². The van der Waals surface area contributed by atoms with E-state index in [0.29, 0.717) is 23.5 Å². The van der Waals surface area contributed by atoms with Crippen LogP contribution in [0.3, 0.4) is 0 Å². The summed E-state index contributed by atoms with van der Waals surface area (Å²) in [6.45, 7) is 1.17. The van der Waals surface area contributed by atoms with E-state index in [1.807, 2.05) is 35.1 Å². The highest BCUT2D eigenvalue weighted by atomic mass is 32.2.